The van der Waals surface area contributed by atoms with Crippen molar-refractivity contribution in [3.63, 3.8) is 0 Å². The van der Waals surface area contributed by atoms with E-state index >= 15 is 0 Å². The minimum atomic E-state index is -0.371. The van der Waals surface area contributed by atoms with Crippen LogP contribution in [0.1, 0.15) is 22.8 Å². The van der Waals surface area contributed by atoms with Crippen molar-refractivity contribution >= 4 is 46.4 Å². The summed E-state index contributed by atoms with van der Waals surface area (Å²) in [6, 6.07) is 9.99. The molecule has 0 radical (unpaired) electrons. The van der Waals surface area contributed by atoms with Crippen LogP contribution in [0.3, 0.4) is 0 Å². The molecule has 36 heavy (non-hydrogen) atoms. The molecule has 0 spiro atoms. The second-order valence-corrected chi connectivity index (χ2v) is 9.21. The summed E-state index contributed by atoms with van der Waals surface area (Å²) in [5.41, 5.74) is 0.478. The molecule has 2 heterocycles. The fraction of sp³-hybridized carbons (Fsp3) is 0.167. The van der Waals surface area contributed by atoms with Crippen LogP contribution < -0.4 is 11.1 Å². The average molecular weight is 570 g/mol. The summed E-state index contributed by atoms with van der Waals surface area (Å²) in [6.45, 7) is 6.22. The molecule has 8 nitrogen and oxygen atoms in total. The van der Waals surface area contributed by atoms with E-state index in [1.54, 1.807) is 50.2 Å². The van der Waals surface area contributed by atoms with Crippen molar-refractivity contribution in [2.24, 2.45) is 0 Å². The Kier molecular flexibility index (Phi) is 8.36. The monoisotopic (exact) mass is 568 g/mol. The van der Waals surface area contributed by atoms with Gasteiger partial charge in [-0.25, -0.2) is 0 Å². The number of benzene rings is 2. The molecule has 0 aliphatic heterocycles. The Labute approximate surface area is 225 Å². The lowest BCUT2D eigenvalue weighted by Crippen LogP contribution is -2.24. The molecule has 0 aliphatic carbocycles. The summed E-state index contributed by atoms with van der Waals surface area (Å²) in [4.78, 5) is 32.1. The van der Waals surface area contributed by atoms with E-state index in [0.29, 0.717) is 33.1 Å². The van der Waals surface area contributed by atoms with E-state index in [9.17, 15) is 19.8 Å². The van der Waals surface area contributed by atoms with Crippen LogP contribution in [0, 0.1) is 27.7 Å². The van der Waals surface area contributed by atoms with Crippen LogP contribution in [0.4, 0.5) is 0 Å². The summed E-state index contributed by atoms with van der Waals surface area (Å²) in [7, 11) is 0. The molecular formula is C24H20Cl4N4O4. The van der Waals surface area contributed by atoms with Crippen LogP contribution in [0.2, 0.25) is 20.1 Å². The molecule has 2 aromatic carbocycles. The van der Waals surface area contributed by atoms with E-state index in [1.165, 1.54) is 23.0 Å². The zero-order chi connectivity index (χ0) is 26.9. The third-order valence-electron chi connectivity index (χ3n) is 5.25. The van der Waals surface area contributed by atoms with Gasteiger partial charge in [0.2, 0.25) is 11.8 Å². The highest BCUT2D eigenvalue weighted by Gasteiger charge is 2.16. The number of hydrogen-bond donors (Lipinski definition) is 2. The molecule has 12 heteroatoms. The predicted octanol–water partition coefficient (Wildman–Crippen LogP) is 5.72. The number of hydrogen-bond acceptors (Lipinski definition) is 6. The van der Waals surface area contributed by atoms with Crippen LogP contribution >= 0.6 is 46.4 Å². The van der Waals surface area contributed by atoms with Crippen molar-refractivity contribution in [3.8, 4) is 23.1 Å². The molecule has 0 unspecified atom stereocenters. The maximum Gasteiger partial charge on any atom is 0.264 e. The highest BCUT2D eigenvalue weighted by molar-refractivity contribution is 6.43. The van der Waals surface area contributed by atoms with E-state index in [1.807, 2.05) is 0 Å². The van der Waals surface area contributed by atoms with Crippen molar-refractivity contribution in [1.82, 2.24) is 19.1 Å². The van der Waals surface area contributed by atoms with E-state index in [4.69, 9.17) is 46.4 Å². The Morgan fingerprint density at radius 2 is 0.972 bits per heavy atom. The molecule has 2 N–H and O–H groups in total. The summed E-state index contributed by atoms with van der Waals surface area (Å²) < 4.78 is 2.65. The second kappa shape index (κ2) is 10.9. The average Bonchev–Trinajstić information content (AvgIpc) is 2.82. The molecule has 0 saturated carbocycles. The molecule has 0 fully saturated rings. The summed E-state index contributed by atoms with van der Waals surface area (Å²) >= 11 is 24.0. The minimum Gasteiger partial charge on any atom is -0.493 e. The van der Waals surface area contributed by atoms with Crippen molar-refractivity contribution in [1.29, 1.82) is 0 Å². The van der Waals surface area contributed by atoms with Crippen molar-refractivity contribution in [3.05, 3.63) is 100.0 Å². The van der Waals surface area contributed by atoms with Crippen molar-refractivity contribution < 1.29 is 10.2 Å². The lowest BCUT2D eigenvalue weighted by molar-refractivity contribution is 0.441. The second-order valence-electron chi connectivity index (χ2n) is 7.64. The highest BCUT2D eigenvalue weighted by Crippen LogP contribution is 2.29. The summed E-state index contributed by atoms with van der Waals surface area (Å²) in [5, 5.41) is 20.2. The van der Waals surface area contributed by atoms with Gasteiger partial charge >= 0.3 is 0 Å². The minimum absolute atomic E-state index is 0.164. The van der Waals surface area contributed by atoms with Crippen LogP contribution in [-0.4, -0.2) is 29.3 Å². The largest absolute Gasteiger partial charge is 0.493 e. The van der Waals surface area contributed by atoms with Gasteiger partial charge in [0.1, 0.15) is 11.6 Å². The van der Waals surface area contributed by atoms with E-state index in [-0.39, 0.29) is 44.1 Å². The number of aromatic nitrogens is 4. The molecule has 0 saturated heterocycles. The summed E-state index contributed by atoms with van der Waals surface area (Å²) in [6.07, 6.45) is 0. The first-order valence-electron chi connectivity index (χ1n) is 10.3. The third-order valence-corrected chi connectivity index (χ3v) is 6.86. The molecule has 4 rings (SSSR count). The Morgan fingerprint density at radius 3 is 1.31 bits per heavy atom. The van der Waals surface area contributed by atoms with Gasteiger partial charge in [0.25, 0.3) is 11.1 Å². The van der Waals surface area contributed by atoms with E-state index in [0.717, 1.165) is 0 Å². The van der Waals surface area contributed by atoms with Gasteiger partial charge in [-0.1, -0.05) is 58.5 Å². The molecule has 4 aromatic rings. The quantitative estimate of drug-likeness (QED) is 0.319. The molecule has 0 amide bonds. The standard InChI is InChI=1S/2C12H10Cl2N2O2/c2*1-6-11(17)15-7(2)16(12(6)18)9-5-3-4-8(13)10(9)14/h2*3-5,17H,1-2H3. The summed E-state index contributed by atoms with van der Waals surface area (Å²) in [5.74, 6) is 0.137. The number of nitrogens with zero attached hydrogens (tertiary/aromatic N) is 4. The van der Waals surface area contributed by atoms with Gasteiger partial charge in [0.15, 0.2) is 0 Å². The van der Waals surface area contributed by atoms with Gasteiger partial charge in [-0.2, -0.15) is 9.97 Å². The molecule has 0 bridgehead atoms. The Balaban J connectivity index is 0.000000201. The molecule has 188 valence electrons. The fourth-order valence-electron chi connectivity index (χ4n) is 3.29. The van der Waals surface area contributed by atoms with Gasteiger partial charge < -0.3 is 10.2 Å². The molecule has 0 atom stereocenters. The lowest BCUT2D eigenvalue weighted by atomic mass is 10.2. The van der Waals surface area contributed by atoms with Crippen LogP contribution in [0.15, 0.2) is 46.0 Å². The van der Waals surface area contributed by atoms with E-state index < -0.39 is 0 Å². The topological polar surface area (TPSA) is 110 Å². The zero-order valence-corrected chi connectivity index (χ0v) is 22.5. The zero-order valence-electron chi connectivity index (χ0n) is 19.5. The van der Waals surface area contributed by atoms with Crippen molar-refractivity contribution in [2.75, 3.05) is 0 Å². The van der Waals surface area contributed by atoms with Gasteiger partial charge in [-0.15, -0.1) is 0 Å². The Bertz CT molecular complexity index is 1480. The lowest BCUT2D eigenvalue weighted by Gasteiger charge is -2.13. The number of aryl methyl sites for hydroxylation is 2. The number of rotatable bonds is 2. The Hall–Kier alpha value is -3.04. The van der Waals surface area contributed by atoms with Crippen LogP contribution in [0.5, 0.6) is 11.8 Å². The fourth-order valence-corrected chi connectivity index (χ4v) is 4.05. The molecule has 2 aromatic heterocycles. The van der Waals surface area contributed by atoms with Gasteiger partial charge in [-0.05, 0) is 52.0 Å². The number of halogens is 4. The molecule has 0 aliphatic rings. The molecular weight excluding hydrogens is 550 g/mol. The smallest absolute Gasteiger partial charge is 0.264 e. The SMILES string of the molecule is Cc1c(O)nc(C)n(-c2cccc(Cl)c2Cl)c1=O.Cc1c(O)nc(C)n(-c2cccc(Cl)c2Cl)c1=O. The van der Waals surface area contributed by atoms with Gasteiger partial charge in [0.05, 0.1) is 42.6 Å². The van der Waals surface area contributed by atoms with Crippen molar-refractivity contribution in [2.45, 2.75) is 27.7 Å². The van der Waals surface area contributed by atoms with Gasteiger partial charge in [-0.3, -0.25) is 18.7 Å². The maximum atomic E-state index is 12.1. The normalized spacial score (nSPS) is 10.7. The maximum absolute atomic E-state index is 12.1. The van der Waals surface area contributed by atoms with Crippen LogP contribution in [0.25, 0.3) is 11.4 Å². The number of aromatic hydroxyl groups is 2. The third kappa shape index (κ3) is 5.22. The Morgan fingerprint density at radius 1 is 0.639 bits per heavy atom. The predicted molar refractivity (Wildman–Crippen MR) is 142 cm³/mol. The first-order chi connectivity index (χ1) is 16.9. The first kappa shape index (κ1) is 27.5. The highest BCUT2D eigenvalue weighted by atomic mass is 35.5. The van der Waals surface area contributed by atoms with Crippen LogP contribution in [-0.2, 0) is 0 Å². The van der Waals surface area contributed by atoms with E-state index in [2.05, 4.69) is 9.97 Å². The van der Waals surface area contributed by atoms with Gasteiger partial charge in [0, 0.05) is 0 Å². The first-order valence-corrected chi connectivity index (χ1v) is 11.8.